The molecule has 1 aromatic heterocycles. The quantitative estimate of drug-likeness (QED) is 0.728. The Kier molecular flexibility index (Phi) is 3.71. The summed E-state index contributed by atoms with van der Waals surface area (Å²) in [5.41, 5.74) is 2.64. The van der Waals surface area contributed by atoms with Gasteiger partial charge in [0.15, 0.2) is 0 Å². The molecule has 3 rings (SSSR count). The maximum atomic E-state index is 12.0. The van der Waals surface area contributed by atoms with Gasteiger partial charge in [0.05, 0.1) is 12.0 Å². The van der Waals surface area contributed by atoms with Gasteiger partial charge in [-0.2, -0.15) is 0 Å². The molecule has 0 spiro atoms. The molecule has 0 saturated carbocycles. The number of benzene rings is 2. The topological polar surface area (TPSA) is 42.1 Å². The van der Waals surface area contributed by atoms with E-state index in [1.807, 2.05) is 36.4 Å². The van der Waals surface area contributed by atoms with Crippen molar-refractivity contribution >= 4 is 28.6 Å². The minimum atomic E-state index is -0.346. The van der Waals surface area contributed by atoms with Gasteiger partial charge < -0.3 is 9.72 Å². The highest BCUT2D eigenvalue weighted by atomic mass is 32.2. The van der Waals surface area contributed by atoms with Crippen LogP contribution < -0.4 is 0 Å². The largest absolute Gasteiger partial charge is 0.464 e. The van der Waals surface area contributed by atoms with Crippen LogP contribution in [-0.2, 0) is 4.74 Å². The van der Waals surface area contributed by atoms with Gasteiger partial charge in [-0.05, 0) is 25.1 Å². The van der Waals surface area contributed by atoms with Crippen LogP contribution in [0.15, 0.2) is 58.3 Å². The third kappa shape index (κ3) is 2.67. The number of aromatic amines is 1. The van der Waals surface area contributed by atoms with E-state index in [1.165, 1.54) is 12.7 Å². The summed E-state index contributed by atoms with van der Waals surface area (Å²) in [4.78, 5) is 17.2. The Hall–Kier alpha value is -2.20. The van der Waals surface area contributed by atoms with Crippen molar-refractivity contribution in [1.29, 1.82) is 0 Å². The summed E-state index contributed by atoms with van der Waals surface area (Å²) in [5, 5.41) is 1.03. The summed E-state index contributed by atoms with van der Waals surface area (Å²) in [6, 6.07) is 16.1. The molecule has 0 atom stereocenters. The molecule has 3 nitrogen and oxygen atoms in total. The lowest BCUT2D eigenvalue weighted by molar-refractivity contribution is 0.0591. The number of rotatable bonds is 3. The minimum Gasteiger partial charge on any atom is -0.464 e. The lowest BCUT2D eigenvalue weighted by Gasteiger charge is -2.04. The van der Waals surface area contributed by atoms with Crippen LogP contribution in [0, 0.1) is 6.92 Å². The van der Waals surface area contributed by atoms with Gasteiger partial charge in [-0.15, -0.1) is 0 Å². The molecule has 1 N–H and O–H groups in total. The second-order valence-electron chi connectivity index (χ2n) is 4.78. The highest BCUT2D eigenvalue weighted by Crippen LogP contribution is 2.37. The Bertz CT molecular complexity index is 807. The number of carbonyl (C=O) groups excluding carboxylic acids is 1. The number of aromatic nitrogens is 1. The molecule has 0 bridgehead atoms. The van der Waals surface area contributed by atoms with Crippen molar-refractivity contribution < 1.29 is 9.53 Å². The number of hydrogen-bond acceptors (Lipinski definition) is 3. The summed E-state index contributed by atoms with van der Waals surface area (Å²) < 4.78 is 4.88. The number of aryl methyl sites for hydroxylation is 1. The van der Waals surface area contributed by atoms with E-state index in [0.29, 0.717) is 5.69 Å². The molecular weight excluding hydrogens is 282 g/mol. The van der Waals surface area contributed by atoms with Crippen LogP contribution in [0.4, 0.5) is 0 Å². The van der Waals surface area contributed by atoms with E-state index in [1.54, 1.807) is 11.8 Å². The SMILES string of the molecule is COC(=O)c1[nH]c2ccccc2c1Sc1cccc(C)c1. The number of hydrogen-bond donors (Lipinski definition) is 1. The number of para-hydroxylation sites is 1. The number of H-pyrrole nitrogens is 1. The van der Waals surface area contributed by atoms with Crippen molar-refractivity contribution in [3.63, 3.8) is 0 Å². The second kappa shape index (κ2) is 5.66. The zero-order valence-electron chi connectivity index (χ0n) is 11.8. The summed E-state index contributed by atoms with van der Waals surface area (Å²) >= 11 is 1.58. The summed E-state index contributed by atoms with van der Waals surface area (Å²) in [6.45, 7) is 2.06. The first-order valence-corrected chi connectivity index (χ1v) is 7.44. The molecule has 1 heterocycles. The normalized spacial score (nSPS) is 10.8. The van der Waals surface area contributed by atoms with Gasteiger partial charge >= 0.3 is 5.97 Å². The lowest BCUT2D eigenvalue weighted by Crippen LogP contribution is -2.02. The molecule has 0 aliphatic rings. The van der Waals surface area contributed by atoms with Crippen molar-refractivity contribution in [2.24, 2.45) is 0 Å². The number of fused-ring (bicyclic) bond motifs is 1. The van der Waals surface area contributed by atoms with Crippen molar-refractivity contribution in [2.75, 3.05) is 7.11 Å². The molecule has 106 valence electrons. The second-order valence-corrected chi connectivity index (χ2v) is 5.87. The summed E-state index contributed by atoms with van der Waals surface area (Å²) in [5.74, 6) is -0.346. The molecule has 0 fully saturated rings. The standard InChI is InChI=1S/C17H15NO2S/c1-11-6-5-7-12(10-11)21-16-13-8-3-4-9-14(13)18-15(16)17(19)20-2/h3-10,18H,1-2H3. The van der Waals surface area contributed by atoms with Gasteiger partial charge in [0.25, 0.3) is 0 Å². The van der Waals surface area contributed by atoms with E-state index < -0.39 is 0 Å². The molecule has 3 aromatic rings. The zero-order valence-corrected chi connectivity index (χ0v) is 12.7. The van der Waals surface area contributed by atoms with Gasteiger partial charge in [0.1, 0.15) is 5.69 Å². The molecule has 0 amide bonds. The smallest absolute Gasteiger partial charge is 0.355 e. The first-order chi connectivity index (χ1) is 10.2. The monoisotopic (exact) mass is 297 g/mol. The van der Waals surface area contributed by atoms with Gasteiger partial charge in [-0.25, -0.2) is 4.79 Å². The fraction of sp³-hybridized carbons (Fsp3) is 0.118. The Balaban J connectivity index is 2.13. The van der Waals surface area contributed by atoms with Gasteiger partial charge in [-0.3, -0.25) is 0 Å². The molecule has 0 aliphatic heterocycles. The third-order valence-corrected chi connectivity index (χ3v) is 4.38. The summed E-state index contributed by atoms with van der Waals surface area (Å²) in [6.07, 6.45) is 0. The average Bonchev–Trinajstić information content (AvgIpc) is 2.85. The average molecular weight is 297 g/mol. The van der Waals surface area contributed by atoms with Crippen LogP contribution in [-0.4, -0.2) is 18.1 Å². The predicted molar refractivity (Wildman–Crippen MR) is 84.9 cm³/mol. The van der Waals surface area contributed by atoms with Crippen molar-refractivity contribution in [1.82, 2.24) is 4.98 Å². The maximum Gasteiger partial charge on any atom is 0.355 e. The number of methoxy groups -OCH3 is 1. The fourth-order valence-electron chi connectivity index (χ4n) is 2.26. The first-order valence-electron chi connectivity index (χ1n) is 6.62. The summed E-state index contributed by atoms with van der Waals surface area (Å²) in [7, 11) is 1.40. The number of nitrogens with one attached hydrogen (secondary N) is 1. The van der Waals surface area contributed by atoms with Gasteiger partial charge in [-0.1, -0.05) is 47.7 Å². The molecule has 0 saturated heterocycles. The van der Waals surface area contributed by atoms with E-state index in [9.17, 15) is 4.79 Å². The van der Waals surface area contributed by atoms with Gasteiger partial charge in [0, 0.05) is 15.8 Å². The van der Waals surface area contributed by atoms with Crippen LogP contribution in [0.3, 0.4) is 0 Å². The third-order valence-electron chi connectivity index (χ3n) is 3.26. The van der Waals surface area contributed by atoms with Crippen LogP contribution in [0.2, 0.25) is 0 Å². The minimum absolute atomic E-state index is 0.346. The number of ether oxygens (including phenoxy) is 1. The Morgan fingerprint density at radius 2 is 1.95 bits per heavy atom. The first kappa shape index (κ1) is 13.8. The Labute approximate surface area is 127 Å². The highest BCUT2D eigenvalue weighted by molar-refractivity contribution is 7.99. The van der Waals surface area contributed by atoms with Crippen LogP contribution in [0.25, 0.3) is 10.9 Å². The number of carbonyl (C=O) groups is 1. The van der Waals surface area contributed by atoms with Crippen LogP contribution in [0.1, 0.15) is 16.1 Å². The van der Waals surface area contributed by atoms with E-state index in [0.717, 1.165) is 20.7 Å². The molecule has 0 unspecified atom stereocenters. The van der Waals surface area contributed by atoms with Gasteiger partial charge in [0.2, 0.25) is 0 Å². The molecule has 21 heavy (non-hydrogen) atoms. The maximum absolute atomic E-state index is 12.0. The van der Waals surface area contributed by atoms with Crippen molar-refractivity contribution in [3.8, 4) is 0 Å². The molecule has 0 aliphatic carbocycles. The molecular formula is C17H15NO2S. The molecule has 0 radical (unpaired) electrons. The van der Waals surface area contributed by atoms with Crippen molar-refractivity contribution in [2.45, 2.75) is 16.7 Å². The van der Waals surface area contributed by atoms with Crippen LogP contribution >= 0.6 is 11.8 Å². The predicted octanol–water partition coefficient (Wildman–Crippen LogP) is 4.41. The van der Waals surface area contributed by atoms with E-state index in [-0.39, 0.29) is 5.97 Å². The Morgan fingerprint density at radius 1 is 1.14 bits per heavy atom. The molecule has 4 heteroatoms. The highest BCUT2D eigenvalue weighted by Gasteiger charge is 2.19. The fourth-order valence-corrected chi connectivity index (χ4v) is 3.42. The van der Waals surface area contributed by atoms with E-state index >= 15 is 0 Å². The van der Waals surface area contributed by atoms with E-state index in [2.05, 4.69) is 24.0 Å². The Morgan fingerprint density at radius 3 is 2.71 bits per heavy atom. The lowest BCUT2D eigenvalue weighted by atomic mass is 10.2. The number of esters is 1. The van der Waals surface area contributed by atoms with E-state index in [4.69, 9.17) is 4.74 Å². The van der Waals surface area contributed by atoms with Crippen molar-refractivity contribution in [3.05, 3.63) is 59.8 Å². The zero-order chi connectivity index (χ0) is 14.8. The van der Waals surface area contributed by atoms with Crippen LogP contribution in [0.5, 0.6) is 0 Å². The molecule has 2 aromatic carbocycles.